The van der Waals surface area contributed by atoms with Crippen molar-refractivity contribution >= 4 is 45.8 Å². The van der Waals surface area contributed by atoms with E-state index in [-0.39, 0.29) is 29.9 Å². The van der Waals surface area contributed by atoms with Crippen molar-refractivity contribution in [2.45, 2.75) is 31.7 Å². The van der Waals surface area contributed by atoms with E-state index in [1.165, 1.54) is 10.8 Å². The van der Waals surface area contributed by atoms with E-state index in [1.807, 2.05) is 13.8 Å². The van der Waals surface area contributed by atoms with Gasteiger partial charge in [-0.3, -0.25) is 4.57 Å². The number of aryl methyl sites for hydroxylation is 1. The third-order valence-electron chi connectivity index (χ3n) is 6.91. The zero-order valence-corrected chi connectivity index (χ0v) is 22.8. The van der Waals surface area contributed by atoms with Gasteiger partial charge >= 0.3 is 5.69 Å². The number of benzene rings is 1. The molecule has 1 aliphatic rings. The first-order valence-corrected chi connectivity index (χ1v) is 13.0. The normalized spacial score (nSPS) is 17.2. The van der Waals surface area contributed by atoms with E-state index in [1.54, 1.807) is 48.6 Å². The van der Waals surface area contributed by atoms with Crippen LogP contribution in [0.1, 0.15) is 26.1 Å². The molecule has 1 saturated heterocycles. The van der Waals surface area contributed by atoms with E-state index in [2.05, 4.69) is 35.6 Å². The number of piperidine rings is 1. The van der Waals surface area contributed by atoms with Gasteiger partial charge in [0, 0.05) is 50.0 Å². The van der Waals surface area contributed by atoms with Crippen molar-refractivity contribution in [1.29, 1.82) is 0 Å². The van der Waals surface area contributed by atoms with Crippen LogP contribution in [-0.4, -0.2) is 60.2 Å². The second-order valence-electron chi connectivity index (χ2n) is 10.2. The van der Waals surface area contributed by atoms with E-state index in [9.17, 15) is 18.7 Å². The first kappa shape index (κ1) is 27.6. The van der Waals surface area contributed by atoms with Gasteiger partial charge in [0.05, 0.1) is 29.8 Å². The van der Waals surface area contributed by atoms with Crippen molar-refractivity contribution in [1.82, 2.24) is 29.5 Å². The Kier molecular flexibility index (Phi) is 7.27. The number of nitrogens with one attached hydrogen (secondary N) is 2. The summed E-state index contributed by atoms with van der Waals surface area (Å²) in [5.41, 5.74) is 0.0445. The molecule has 0 spiro atoms. The Morgan fingerprint density at radius 2 is 1.93 bits per heavy atom. The molecule has 4 heterocycles. The van der Waals surface area contributed by atoms with Gasteiger partial charge in [-0.1, -0.05) is 11.6 Å². The van der Waals surface area contributed by atoms with Crippen molar-refractivity contribution in [3.63, 3.8) is 0 Å². The molecule has 11 nitrogen and oxygen atoms in total. The fraction of sp³-hybridized carbons (Fsp3) is 0.385. The molecule has 4 aromatic rings. The largest absolute Gasteiger partial charge is 0.396 e. The summed E-state index contributed by atoms with van der Waals surface area (Å²) in [6, 6.07) is 7.05. The number of aliphatic hydroxyl groups excluding tert-OH is 1. The second-order valence-corrected chi connectivity index (χ2v) is 10.6. The fourth-order valence-electron chi connectivity index (χ4n) is 4.59. The van der Waals surface area contributed by atoms with Gasteiger partial charge in [-0.25, -0.2) is 28.5 Å². The van der Waals surface area contributed by atoms with Crippen LogP contribution in [0.2, 0.25) is 5.02 Å². The number of halogens is 3. The predicted octanol–water partition coefficient (Wildman–Crippen LogP) is 3.71. The van der Waals surface area contributed by atoms with Crippen LogP contribution in [0.5, 0.6) is 0 Å². The van der Waals surface area contributed by atoms with Crippen molar-refractivity contribution < 1.29 is 13.9 Å². The van der Waals surface area contributed by atoms with Gasteiger partial charge in [0.25, 0.3) is 5.92 Å². The molecule has 3 aromatic heterocycles. The highest BCUT2D eigenvalue weighted by Gasteiger charge is 2.44. The molecule has 3 N–H and O–H groups in total. The summed E-state index contributed by atoms with van der Waals surface area (Å²) in [6.45, 7) is 3.08. The molecule has 1 aromatic carbocycles. The van der Waals surface area contributed by atoms with Gasteiger partial charge in [-0.2, -0.15) is 9.97 Å². The van der Waals surface area contributed by atoms with Crippen LogP contribution in [0, 0.1) is 5.92 Å². The topological polar surface area (TPSA) is 134 Å². The summed E-state index contributed by atoms with van der Waals surface area (Å²) < 4.78 is 29.6. The summed E-state index contributed by atoms with van der Waals surface area (Å²) >= 11 is 6.39. The van der Waals surface area contributed by atoms with Gasteiger partial charge < -0.3 is 20.6 Å². The molecule has 0 saturated carbocycles. The molecule has 5 rings (SSSR count). The van der Waals surface area contributed by atoms with E-state index >= 15 is 0 Å². The van der Waals surface area contributed by atoms with Gasteiger partial charge in [-0.15, -0.1) is 0 Å². The van der Waals surface area contributed by atoms with E-state index in [0.29, 0.717) is 28.2 Å². The molecule has 1 aliphatic heterocycles. The van der Waals surface area contributed by atoms with Crippen LogP contribution in [-0.2, 0) is 12.6 Å². The number of nitrogens with zero attached hydrogens (tertiary/aromatic N) is 7. The smallest absolute Gasteiger partial charge is 0.349 e. The highest BCUT2D eigenvalue weighted by Crippen LogP contribution is 2.35. The number of hydrogen-bond acceptors (Lipinski definition) is 10. The molecule has 0 radical (unpaired) electrons. The minimum absolute atomic E-state index is 0.0379. The Labute approximate surface area is 233 Å². The highest BCUT2D eigenvalue weighted by molar-refractivity contribution is 6.32. The van der Waals surface area contributed by atoms with Crippen LogP contribution < -0.4 is 21.2 Å². The minimum atomic E-state index is -2.95. The van der Waals surface area contributed by atoms with Crippen molar-refractivity contribution in [3.8, 4) is 0 Å². The monoisotopic (exact) mass is 571 g/mol. The van der Waals surface area contributed by atoms with Crippen molar-refractivity contribution in [3.05, 3.63) is 64.2 Å². The fourth-order valence-corrected chi connectivity index (χ4v) is 4.72. The van der Waals surface area contributed by atoms with Crippen molar-refractivity contribution in [2.75, 3.05) is 35.2 Å². The Bertz CT molecular complexity index is 1600. The lowest BCUT2D eigenvalue weighted by molar-refractivity contribution is -0.0881. The van der Waals surface area contributed by atoms with Crippen LogP contribution in [0.15, 0.2) is 47.7 Å². The van der Waals surface area contributed by atoms with Gasteiger partial charge in [0.2, 0.25) is 5.95 Å². The molecule has 0 amide bonds. The third-order valence-corrected chi connectivity index (χ3v) is 7.19. The summed E-state index contributed by atoms with van der Waals surface area (Å²) in [5.74, 6) is -2.80. The summed E-state index contributed by atoms with van der Waals surface area (Å²) in [4.78, 5) is 35.9. The molecule has 14 heteroatoms. The molecule has 0 bridgehead atoms. The number of alkyl halides is 2. The molecule has 1 atom stereocenters. The van der Waals surface area contributed by atoms with E-state index in [0.717, 1.165) is 0 Å². The Morgan fingerprint density at radius 1 is 1.18 bits per heavy atom. The number of fused-ring (bicyclic) bond motifs is 1. The maximum Gasteiger partial charge on any atom is 0.349 e. The maximum atomic E-state index is 14.1. The van der Waals surface area contributed by atoms with Crippen LogP contribution >= 0.6 is 11.6 Å². The first-order chi connectivity index (χ1) is 19.0. The Hall–Kier alpha value is -3.97. The summed E-state index contributed by atoms with van der Waals surface area (Å²) in [7, 11) is 1.63. The summed E-state index contributed by atoms with van der Waals surface area (Å²) in [5, 5.41) is 16.8. The Balaban J connectivity index is 1.47. The lowest BCUT2D eigenvalue weighted by Crippen LogP contribution is -2.49. The number of aliphatic hydroxyl groups is 1. The lowest BCUT2D eigenvalue weighted by Gasteiger charge is -2.37. The molecular formula is C26H28ClF2N9O2. The molecule has 40 heavy (non-hydrogen) atoms. The van der Waals surface area contributed by atoms with Gasteiger partial charge in [0.15, 0.2) is 11.6 Å². The first-order valence-electron chi connectivity index (χ1n) is 12.6. The van der Waals surface area contributed by atoms with Crippen LogP contribution in [0.3, 0.4) is 0 Å². The zero-order chi connectivity index (χ0) is 28.7. The molecule has 0 aliphatic carbocycles. The number of anilines is 4. The van der Waals surface area contributed by atoms with E-state index in [4.69, 9.17) is 11.6 Å². The average Bonchev–Trinajstić information content (AvgIpc) is 2.93. The number of rotatable bonds is 7. The lowest BCUT2D eigenvalue weighted by atomic mass is 9.94. The number of hydrogen-bond donors (Lipinski definition) is 3. The van der Waals surface area contributed by atoms with Gasteiger partial charge in [0.1, 0.15) is 10.8 Å². The quantitative estimate of drug-likeness (QED) is 0.301. The SMILES string of the molecule is Cn1c(=O)nc(NC(C)(C)c2ncccn2)c2cc(Nc3nc(N4CCC(F)(F)C(CO)C4)ncc3Cl)ccc21. The zero-order valence-electron chi connectivity index (χ0n) is 22.1. The summed E-state index contributed by atoms with van der Waals surface area (Å²) in [6.07, 6.45) is 4.27. The molecular weight excluding hydrogens is 544 g/mol. The third kappa shape index (κ3) is 5.39. The number of aromatic nitrogens is 6. The molecule has 1 fully saturated rings. The highest BCUT2D eigenvalue weighted by atomic mass is 35.5. The maximum absolute atomic E-state index is 14.1. The minimum Gasteiger partial charge on any atom is -0.396 e. The van der Waals surface area contributed by atoms with Crippen LogP contribution in [0.4, 0.5) is 32.1 Å². The second kappa shape index (κ2) is 10.5. The molecule has 210 valence electrons. The van der Waals surface area contributed by atoms with E-state index < -0.39 is 36.1 Å². The Morgan fingerprint density at radius 3 is 2.65 bits per heavy atom. The van der Waals surface area contributed by atoms with Crippen molar-refractivity contribution in [2.24, 2.45) is 13.0 Å². The van der Waals surface area contributed by atoms with Crippen LogP contribution in [0.25, 0.3) is 10.9 Å². The molecule has 1 unspecified atom stereocenters. The van der Waals surface area contributed by atoms with Gasteiger partial charge in [-0.05, 0) is 38.1 Å². The predicted molar refractivity (Wildman–Crippen MR) is 148 cm³/mol. The average molecular weight is 572 g/mol. The standard InChI is InChI=1S/C26H28ClF2N9O2/c1-25(2,22-30-8-4-9-31-22)36-20-17-11-16(5-6-19(17)37(3)24(40)35-20)33-21-18(27)12-32-23(34-21)38-10-7-26(28,29)15(13-38)14-39/h4-6,8-9,11-12,15,39H,7,10,13-14H2,1-3H3,(H,32,33,34)(H,35,36,40).